The van der Waals surface area contributed by atoms with Crippen molar-refractivity contribution in [2.45, 2.75) is 32.1 Å². The van der Waals surface area contributed by atoms with Crippen molar-refractivity contribution in [3.8, 4) is 11.1 Å². The van der Waals surface area contributed by atoms with Crippen molar-refractivity contribution < 1.29 is 14.8 Å². The van der Waals surface area contributed by atoms with Crippen molar-refractivity contribution in [1.29, 1.82) is 0 Å². The van der Waals surface area contributed by atoms with E-state index in [0.717, 1.165) is 23.1 Å². The van der Waals surface area contributed by atoms with Gasteiger partial charge in [0.1, 0.15) is 0 Å². The maximum Gasteiger partial charge on any atom is 0.488 e. The molecule has 0 heterocycles. The Morgan fingerprint density at radius 2 is 1.88 bits per heavy atom. The van der Waals surface area contributed by atoms with Gasteiger partial charge in [0, 0.05) is 13.0 Å². The second kappa shape index (κ2) is 8.71. The van der Waals surface area contributed by atoms with Crippen LogP contribution < -0.4 is 10.8 Å². The predicted octanol–water partition coefficient (Wildman–Crippen LogP) is 1.41. The quantitative estimate of drug-likeness (QED) is 0.676. The average molecular weight is 321 g/mol. The van der Waals surface area contributed by atoms with Gasteiger partial charge >= 0.3 is 7.12 Å². The third kappa shape index (κ3) is 5.25. The highest BCUT2D eigenvalue weighted by atomic mass is 16.4. The van der Waals surface area contributed by atoms with Gasteiger partial charge in [-0.1, -0.05) is 61.6 Å². The monoisotopic (exact) mass is 321 g/mol. The van der Waals surface area contributed by atoms with E-state index in [9.17, 15) is 14.8 Å². The Labute approximate surface area is 144 Å². The van der Waals surface area contributed by atoms with Crippen molar-refractivity contribution in [2.75, 3.05) is 0 Å². The fourth-order valence-electron chi connectivity index (χ4n) is 2.42. The van der Waals surface area contributed by atoms with Crippen LogP contribution in [-0.4, -0.2) is 30.9 Å². The van der Waals surface area contributed by atoms with Crippen LogP contribution in [0.25, 0.3) is 11.1 Å². The Morgan fingerprint density at radius 1 is 1.17 bits per heavy atom. The van der Waals surface area contributed by atoms with Crippen LogP contribution in [0.5, 0.6) is 0 Å². The Morgan fingerprint density at radius 3 is 2.50 bits per heavy atom. The molecule has 1 unspecified atom stereocenters. The summed E-state index contributed by atoms with van der Waals surface area (Å²) in [6.45, 7) is 2.26. The molecule has 0 fully saturated rings. The van der Waals surface area contributed by atoms with E-state index >= 15 is 0 Å². The van der Waals surface area contributed by atoms with Crippen LogP contribution >= 0.6 is 0 Å². The van der Waals surface area contributed by atoms with Crippen LogP contribution in [-0.2, 0) is 11.3 Å². The lowest BCUT2D eigenvalue weighted by Gasteiger charge is -2.12. The third-order valence-electron chi connectivity index (χ3n) is 3.88. The Bertz CT molecular complexity index is 677. The molecule has 3 N–H and O–H groups in total. The number of amides is 1. The fourth-order valence-corrected chi connectivity index (χ4v) is 2.42. The lowest BCUT2D eigenvalue weighted by Crippen LogP contribution is -2.31. The normalized spacial score (nSPS) is 11.8. The summed E-state index contributed by atoms with van der Waals surface area (Å²) < 4.78 is 0. The second-order valence-electron chi connectivity index (χ2n) is 5.85. The minimum absolute atomic E-state index is 0.111. The molecule has 2 rings (SSSR count). The lowest BCUT2D eigenvalue weighted by molar-refractivity contribution is -0.121. The molecular weight excluding hydrogens is 300 g/mol. The number of rotatable bonds is 7. The van der Waals surface area contributed by atoms with Gasteiger partial charge in [-0.2, -0.15) is 0 Å². The standard InChI is InChI=1S/C18H21B2NO3/c1-2-16(19)11-18(22)21-12-13-8-15(10-17(9-13)20(23)24)14-6-4-3-5-7-14/h3-10,16,23-24H,2,11-12H2,1H3,(H,21,22). The zero-order chi connectivity index (χ0) is 17.5. The number of benzene rings is 2. The van der Waals surface area contributed by atoms with Crippen LogP contribution in [0.1, 0.15) is 25.3 Å². The van der Waals surface area contributed by atoms with Crippen LogP contribution in [0.3, 0.4) is 0 Å². The molecule has 0 spiro atoms. The Balaban J connectivity index is 2.17. The summed E-state index contributed by atoms with van der Waals surface area (Å²) in [7, 11) is 4.22. The minimum atomic E-state index is -1.56. The van der Waals surface area contributed by atoms with Crippen molar-refractivity contribution in [3.63, 3.8) is 0 Å². The summed E-state index contributed by atoms with van der Waals surface area (Å²) in [4.78, 5) is 11.9. The molecule has 4 nitrogen and oxygen atoms in total. The highest BCUT2D eigenvalue weighted by Gasteiger charge is 2.14. The van der Waals surface area contributed by atoms with E-state index < -0.39 is 7.12 Å². The van der Waals surface area contributed by atoms with Gasteiger partial charge in [-0.05, 0) is 28.2 Å². The van der Waals surface area contributed by atoms with Gasteiger partial charge in [0.05, 0.1) is 7.85 Å². The van der Waals surface area contributed by atoms with Gasteiger partial charge in [-0.3, -0.25) is 4.79 Å². The summed E-state index contributed by atoms with van der Waals surface area (Å²) in [6, 6.07) is 15.0. The summed E-state index contributed by atoms with van der Waals surface area (Å²) in [5, 5.41) is 21.8. The summed E-state index contributed by atoms with van der Waals surface area (Å²) >= 11 is 0. The van der Waals surface area contributed by atoms with Gasteiger partial charge in [0.15, 0.2) is 0 Å². The summed E-state index contributed by atoms with van der Waals surface area (Å²) in [6.07, 6.45) is 1.03. The van der Waals surface area contributed by atoms with E-state index in [1.807, 2.05) is 43.3 Å². The van der Waals surface area contributed by atoms with E-state index in [1.165, 1.54) is 0 Å². The molecule has 2 aromatic carbocycles. The van der Waals surface area contributed by atoms with Crippen LogP contribution in [0.4, 0.5) is 0 Å². The first-order valence-corrected chi connectivity index (χ1v) is 8.07. The number of carbonyl (C=O) groups excluding carboxylic acids is 1. The van der Waals surface area contributed by atoms with Crippen molar-refractivity contribution in [3.05, 3.63) is 54.1 Å². The van der Waals surface area contributed by atoms with Gasteiger partial charge in [0.25, 0.3) is 0 Å². The molecule has 1 amide bonds. The maximum absolute atomic E-state index is 11.9. The lowest BCUT2D eigenvalue weighted by atomic mass is 9.78. The molecule has 6 heteroatoms. The van der Waals surface area contributed by atoms with Crippen LogP contribution in [0, 0.1) is 0 Å². The van der Waals surface area contributed by atoms with Gasteiger partial charge in [0.2, 0.25) is 5.91 Å². The molecule has 0 aliphatic carbocycles. The Hall–Kier alpha value is -2.04. The van der Waals surface area contributed by atoms with E-state index in [2.05, 4.69) is 5.32 Å². The highest BCUT2D eigenvalue weighted by Crippen LogP contribution is 2.19. The van der Waals surface area contributed by atoms with Gasteiger partial charge in [-0.25, -0.2) is 0 Å². The fraction of sp³-hybridized carbons (Fsp3) is 0.278. The zero-order valence-electron chi connectivity index (χ0n) is 13.8. The van der Waals surface area contributed by atoms with E-state index in [-0.39, 0.29) is 18.1 Å². The predicted molar refractivity (Wildman–Crippen MR) is 98.0 cm³/mol. The van der Waals surface area contributed by atoms with Crippen LogP contribution in [0.15, 0.2) is 48.5 Å². The number of carbonyl (C=O) groups is 1. The summed E-state index contributed by atoms with van der Waals surface area (Å²) in [5.41, 5.74) is 3.04. The first-order valence-electron chi connectivity index (χ1n) is 8.07. The van der Waals surface area contributed by atoms with Crippen molar-refractivity contribution >= 4 is 26.3 Å². The SMILES string of the molecule is [B]C(CC)CC(=O)NCc1cc(B(O)O)cc(-c2ccccc2)c1. The Kier molecular flexibility index (Phi) is 6.64. The second-order valence-corrected chi connectivity index (χ2v) is 5.85. The van der Waals surface area contributed by atoms with Crippen molar-refractivity contribution in [1.82, 2.24) is 5.32 Å². The topological polar surface area (TPSA) is 69.6 Å². The molecule has 0 bridgehead atoms. The average Bonchev–Trinajstić information content (AvgIpc) is 2.60. The molecular formula is C18H21B2NO3. The molecule has 0 saturated carbocycles. The molecule has 0 aliphatic rings. The largest absolute Gasteiger partial charge is 0.488 e. The van der Waals surface area contributed by atoms with Gasteiger partial charge < -0.3 is 15.4 Å². The van der Waals surface area contributed by atoms with Crippen molar-refractivity contribution in [2.24, 2.45) is 0 Å². The van der Waals surface area contributed by atoms with E-state index in [1.54, 1.807) is 12.1 Å². The smallest absolute Gasteiger partial charge is 0.423 e. The first-order chi connectivity index (χ1) is 11.5. The summed E-state index contributed by atoms with van der Waals surface area (Å²) in [5.74, 6) is -0.254. The maximum atomic E-state index is 11.9. The minimum Gasteiger partial charge on any atom is -0.423 e. The third-order valence-corrected chi connectivity index (χ3v) is 3.88. The molecule has 0 saturated heterocycles. The van der Waals surface area contributed by atoms with Crippen LogP contribution in [0.2, 0.25) is 5.82 Å². The van der Waals surface area contributed by atoms with E-state index in [0.29, 0.717) is 12.0 Å². The molecule has 2 aromatic rings. The highest BCUT2D eigenvalue weighted by molar-refractivity contribution is 6.58. The van der Waals surface area contributed by atoms with E-state index in [4.69, 9.17) is 7.85 Å². The van der Waals surface area contributed by atoms with Gasteiger partial charge in [-0.15, -0.1) is 0 Å². The first kappa shape index (κ1) is 18.3. The molecule has 1 atom stereocenters. The molecule has 2 radical (unpaired) electrons. The zero-order valence-corrected chi connectivity index (χ0v) is 13.8. The number of nitrogens with one attached hydrogen (secondary N) is 1. The number of hydrogen-bond donors (Lipinski definition) is 3. The molecule has 0 aliphatic heterocycles. The molecule has 24 heavy (non-hydrogen) atoms. The molecule has 122 valence electrons. The molecule has 0 aromatic heterocycles. The number of hydrogen-bond acceptors (Lipinski definition) is 3.